The molecule has 1 unspecified atom stereocenters. The number of rotatable bonds is 7. The Labute approximate surface area is 156 Å². The van der Waals surface area contributed by atoms with E-state index in [9.17, 15) is 19.1 Å². The molecular formula is C11H17N5O10P2. The van der Waals surface area contributed by atoms with Crippen LogP contribution in [0.15, 0.2) is 12.7 Å². The van der Waals surface area contributed by atoms with Crippen LogP contribution in [0.5, 0.6) is 0 Å². The van der Waals surface area contributed by atoms with Crippen molar-refractivity contribution >= 4 is 32.6 Å². The van der Waals surface area contributed by atoms with Crippen molar-refractivity contribution in [3.8, 4) is 0 Å². The quantitative estimate of drug-likeness (QED) is 0.322. The van der Waals surface area contributed by atoms with Crippen LogP contribution >= 0.6 is 15.6 Å². The maximum atomic E-state index is 11.6. The van der Waals surface area contributed by atoms with Crippen LogP contribution in [-0.4, -0.2) is 71.3 Å². The van der Waals surface area contributed by atoms with Crippen molar-refractivity contribution in [3.05, 3.63) is 12.7 Å². The van der Waals surface area contributed by atoms with Gasteiger partial charge >= 0.3 is 15.6 Å². The molecule has 5 atom stereocenters. The van der Waals surface area contributed by atoms with Crippen LogP contribution in [0.1, 0.15) is 6.23 Å². The number of phosphoric acid groups is 2. The van der Waals surface area contributed by atoms with E-state index in [0.717, 1.165) is 0 Å². The maximum absolute atomic E-state index is 11.6. The lowest BCUT2D eigenvalue weighted by Gasteiger charge is -2.19. The van der Waals surface area contributed by atoms with Crippen molar-refractivity contribution in [1.29, 1.82) is 0 Å². The predicted molar refractivity (Wildman–Crippen MR) is 89.4 cm³/mol. The molecule has 0 spiro atoms. The van der Waals surface area contributed by atoms with E-state index in [1.807, 2.05) is 0 Å². The topological polar surface area (TPSA) is 222 Å². The molecule has 0 aromatic carbocycles. The van der Waals surface area contributed by atoms with Crippen molar-refractivity contribution < 1.29 is 47.2 Å². The van der Waals surface area contributed by atoms with Crippen molar-refractivity contribution in [1.82, 2.24) is 19.5 Å². The summed E-state index contributed by atoms with van der Waals surface area (Å²) in [4.78, 5) is 38.5. The minimum absolute atomic E-state index is 0.131. The van der Waals surface area contributed by atoms with E-state index in [4.69, 9.17) is 25.0 Å². The molecule has 2 aromatic rings. The lowest BCUT2D eigenvalue weighted by atomic mass is 10.1. The van der Waals surface area contributed by atoms with Gasteiger partial charge in [-0.2, -0.15) is 4.31 Å². The number of aromatic nitrogens is 4. The molecule has 15 nitrogen and oxygen atoms in total. The molecule has 17 heteroatoms. The Hall–Kier alpha value is -1.51. The number of nitrogens with two attached hydrogens (primary N) is 1. The molecule has 1 aliphatic rings. The largest absolute Gasteiger partial charge is 0.481 e. The number of anilines is 1. The van der Waals surface area contributed by atoms with E-state index in [1.54, 1.807) is 0 Å². The van der Waals surface area contributed by atoms with E-state index in [1.165, 1.54) is 24.3 Å². The number of hydrogen-bond acceptors (Lipinski definition) is 11. The fourth-order valence-corrected chi connectivity index (χ4v) is 4.32. The number of ether oxygens (including phenoxy) is 2. The van der Waals surface area contributed by atoms with E-state index < -0.39 is 46.8 Å². The number of methoxy groups -OCH3 is 1. The molecule has 0 radical (unpaired) electrons. The Balaban J connectivity index is 1.79. The number of fused-ring (bicyclic) bond motifs is 1. The highest BCUT2D eigenvalue weighted by atomic mass is 31.3. The number of hydrogen-bond donors (Lipinski definition) is 5. The molecule has 0 bridgehead atoms. The molecule has 3 rings (SSSR count). The van der Waals surface area contributed by atoms with E-state index in [0.29, 0.717) is 11.2 Å². The summed E-state index contributed by atoms with van der Waals surface area (Å²) in [6, 6.07) is 0. The lowest BCUT2D eigenvalue weighted by Crippen LogP contribution is -2.35. The first-order valence-corrected chi connectivity index (χ1v) is 10.6. The summed E-state index contributed by atoms with van der Waals surface area (Å²) in [5.74, 6) is 0.131. The van der Waals surface area contributed by atoms with Crippen LogP contribution in [0.2, 0.25) is 0 Å². The number of aliphatic hydroxyl groups is 1. The zero-order chi connectivity index (χ0) is 20.7. The monoisotopic (exact) mass is 441 g/mol. The summed E-state index contributed by atoms with van der Waals surface area (Å²) >= 11 is 0. The average Bonchev–Trinajstić information content (AvgIpc) is 3.12. The Morgan fingerprint density at radius 1 is 1.29 bits per heavy atom. The summed E-state index contributed by atoms with van der Waals surface area (Å²) in [7, 11) is -9.06. The second-order valence-electron chi connectivity index (χ2n) is 5.68. The number of nitrogen functional groups attached to an aromatic ring is 1. The van der Waals surface area contributed by atoms with Crippen LogP contribution in [0.25, 0.3) is 11.2 Å². The van der Waals surface area contributed by atoms with Gasteiger partial charge in [-0.3, -0.25) is 9.09 Å². The fourth-order valence-electron chi connectivity index (χ4n) is 2.72. The van der Waals surface area contributed by atoms with Crippen LogP contribution in [0.4, 0.5) is 5.82 Å². The first kappa shape index (κ1) is 21.2. The molecule has 1 aliphatic heterocycles. The molecule has 0 aliphatic carbocycles. The summed E-state index contributed by atoms with van der Waals surface area (Å²) in [5, 5.41) is 10.4. The standard InChI is InChI=1S/C11H17N5O10P2/c1-23-8-7(17)5(2-24-28(21,22)26-27(18,19)20)25-11(8)16-4-15-6-9(12)13-3-14-10(6)16/h3-5,7-8,11,17H,2H2,1H3,(H,21,22)(H2,12,13,14)(H2,18,19,20)/t5-,7-,8-,11-/m1/s1. The summed E-state index contributed by atoms with van der Waals surface area (Å²) < 4.78 is 42.8. The SMILES string of the molecule is CO[C@@H]1[C@H](O)[C@@H](COP(=O)(O)OP(=O)(O)O)O[C@H]1n1cnc2c(N)ncnc21. The number of nitrogens with zero attached hydrogens (tertiary/aromatic N) is 4. The molecule has 156 valence electrons. The number of aliphatic hydroxyl groups excluding tert-OH is 1. The zero-order valence-corrected chi connectivity index (χ0v) is 16.0. The van der Waals surface area contributed by atoms with Gasteiger partial charge in [-0.25, -0.2) is 24.1 Å². The number of imidazole rings is 1. The Bertz CT molecular complexity index is 949. The zero-order valence-electron chi connectivity index (χ0n) is 14.2. The summed E-state index contributed by atoms with van der Waals surface area (Å²) in [6.07, 6.45) is -1.90. The van der Waals surface area contributed by atoms with E-state index >= 15 is 0 Å². The smallest absolute Gasteiger partial charge is 0.387 e. The maximum Gasteiger partial charge on any atom is 0.481 e. The molecule has 1 saturated heterocycles. The Morgan fingerprint density at radius 2 is 2.00 bits per heavy atom. The highest BCUT2D eigenvalue weighted by molar-refractivity contribution is 7.60. The first-order valence-electron chi connectivity index (χ1n) is 7.56. The second-order valence-corrected chi connectivity index (χ2v) is 8.51. The highest BCUT2D eigenvalue weighted by Crippen LogP contribution is 2.57. The molecule has 2 aromatic heterocycles. The van der Waals surface area contributed by atoms with E-state index in [2.05, 4.69) is 23.8 Å². The van der Waals surface area contributed by atoms with Crippen molar-refractivity contribution in [2.24, 2.45) is 0 Å². The van der Waals surface area contributed by atoms with Gasteiger partial charge in [-0.15, -0.1) is 0 Å². The molecule has 1 fully saturated rings. The fraction of sp³-hybridized carbons (Fsp3) is 0.545. The van der Waals surface area contributed by atoms with E-state index in [-0.39, 0.29) is 5.82 Å². The third-order valence-electron chi connectivity index (χ3n) is 3.86. The number of phosphoric ester groups is 1. The lowest BCUT2D eigenvalue weighted by molar-refractivity contribution is -0.0577. The van der Waals surface area contributed by atoms with Gasteiger partial charge in [0.25, 0.3) is 0 Å². The van der Waals surface area contributed by atoms with Crippen LogP contribution in [0.3, 0.4) is 0 Å². The van der Waals surface area contributed by atoms with Gasteiger partial charge in [0, 0.05) is 7.11 Å². The van der Waals surface area contributed by atoms with Gasteiger partial charge in [-0.1, -0.05) is 0 Å². The van der Waals surface area contributed by atoms with Crippen molar-refractivity contribution in [2.45, 2.75) is 24.5 Å². The molecule has 3 heterocycles. The third-order valence-corrected chi connectivity index (χ3v) is 6.01. The molecule has 0 amide bonds. The van der Waals surface area contributed by atoms with Gasteiger partial charge in [0.05, 0.1) is 12.9 Å². The molecule has 28 heavy (non-hydrogen) atoms. The third kappa shape index (κ3) is 4.39. The average molecular weight is 441 g/mol. The van der Waals surface area contributed by atoms with Gasteiger partial charge in [0.1, 0.15) is 30.2 Å². The Morgan fingerprint density at radius 3 is 2.64 bits per heavy atom. The normalized spacial score (nSPS) is 27.9. The highest BCUT2D eigenvalue weighted by Gasteiger charge is 2.47. The minimum Gasteiger partial charge on any atom is -0.387 e. The second kappa shape index (κ2) is 7.72. The van der Waals surface area contributed by atoms with Gasteiger partial charge in [-0.05, 0) is 0 Å². The molecule has 0 saturated carbocycles. The molecule has 6 N–H and O–H groups in total. The predicted octanol–water partition coefficient (Wildman–Crippen LogP) is -1.09. The minimum atomic E-state index is -5.27. The van der Waals surface area contributed by atoms with Gasteiger partial charge in [0.2, 0.25) is 0 Å². The van der Waals surface area contributed by atoms with Crippen LogP contribution in [-0.2, 0) is 27.4 Å². The first-order chi connectivity index (χ1) is 13.0. The summed E-state index contributed by atoms with van der Waals surface area (Å²) in [6.45, 7) is -0.727. The van der Waals surface area contributed by atoms with Crippen molar-refractivity contribution in [2.75, 3.05) is 19.5 Å². The van der Waals surface area contributed by atoms with Crippen LogP contribution < -0.4 is 5.73 Å². The summed E-state index contributed by atoms with van der Waals surface area (Å²) in [5.41, 5.74) is 6.32. The van der Waals surface area contributed by atoms with Crippen LogP contribution in [0, 0.1) is 0 Å². The van der Waals surface area contributed by atoms with Gasteiger partial charge in [0.15, 0.2) is 17.7 Å². The molecular weight excluding hydrogens is 424 g/mol. The Kier molecular flexibility index (Phi) is 5.85. The van der Waals surface area contributed by atoms with Crippen molar-refractivity contribution in [3.63, 3.8) is 0 Å². The van der Waals surface area contributed by atoms with Gasteiger partial charge < -0.3 is 35.0 Å².